The van der Waals surface area contributed by atoms with Crippen molar-refractivity contribution in [3.8, 4) is 5.75 Å². The van der Waals surface area contributed by atoms with E-state index in [0.29, 0.717) is 19.8 Å². The smallest absolute Gasteiger partial charge is 0.119 e. The van der Waals surface area contributed by atoms with Gasteiger partial charge in [-0.15, -0.1) is 0 Å². The van der Waals surface area contributed by atoms with Gasteiger partial charge < -0.3 is 14.6 Å². The Kier molecular flexibility index (Phi) is 7.92. The second kappa shape index (κ2) is 10.2. The van der Waals surface area contributed by atoms with E-state index in [1.807, 2.05) is 63.4 Å². The zero-order chi connectivity index (χ0) is 18.1. The van der Waals surface area contributed by atoms with Crippen LogP contribution in [0.3, 0.4) is 0 Å². The van der Waals surface area contributed by atoms with Crippen molar-refractivity contribution in [2.45, 2.75) is 32.5 Å². The largest absolute Gasteiger partial charge is 0.491 e. The Labute approximate surface area is 151 Å². The summed E-state index contributed by atoms with van der Waals surface area (Å²) in [6, 6.07) is 17.9. The predicted molar refractivity (Wildman–Crippen MR) is 101 cm³/mol. The van der Waals surface area contributed by atoms with Gasteiger partial charge in [0.2, 0.25) is 0 Å². The van der Waals surface area contributed by atoms with Gasteiger partial charge in [-0.05, 0) is 44.2 Å². The molecular weight excluding hydrogens is 314 g/mol. The second-order valence-electron chi connectivity index (χ2n) is 6.20. The summed E-state index contributed by atoms with van der Waals surface area (Å²) < 4.78 is 10.9. The normalized spacial score (nSPS) is 13.6. The highest BCUT2D eigenvalue weighted by Gasteiger charge is 2.20. The third-order valence-electron chi connectivity index (χ3n) is 4.35. The van der Waals surface area contributed by atoms with Crippen LogP contribution in [-0.4, -0.2) is 42.9 Å². The minimum atomic E-state index is -0.507. The highest BCUT2D eigenvalue weighted by atomic mass is 16.5. The molecule has 0 aliphatic heterocycles. The van der Waals surface area contributed by atoms with Crippen molar-refractivity contribution in [1.82, 2.24) is 4.90 Å². The number of benzene rings is 2. The summed E-state index contributed by atoms with van der Waals surface area (Å²) in [6.45, 7) is 6.67. The molecule has 0 heterocycles. The molecule has 2 atom stereocenters. The SMILES string of the molecule is CCOCCOc1ccc(CN(C)C(C)C(O)c2ccccc2)cc1. The van der Waals surface area contributed by atoms with Crippen LogP contribution in [0.25, 0.3) is 0 Å². The first-order valence-electron chi connectivity index (χ1n) is 8.84. The summed E-state index contributed by atoms with van der Waals surface area (Å²) >= 11 is 0. The Morgan fingerprint density at radius 2 is 1.68 bits per heavy atom. The first-order valence-corrected chi connectivity index (χ1v) is 8.84. The van der Waals surface area contributed by atoms with E-state index in [9.17, 15) is 5.11 Å². The summed E-state index contributed by atoms with van der Waals surface area (Å²) in [4.78, 5) is 2.16. The first kappa shape index (κ1) is 19.4. The van der Waals surface area contributed by atoms with Crippen molar-refractivity contribution in [1.29, 1.82) is 0 Å². The van der Waals surface area contributed by atoms with Crippen LogP contribution in [0.2, 0.25) is 0 Å². The van der Waals surface area contributed by atoms with E-state index in [0.717, 1.165) is 17.9 Å². The van der Waals surface area contributed by atoms with E-state index in [-0.39, 0.29) is 6.04 Å². The van der Waals surface area contributed by atoms with Gasteiger partial charge in [-0.1, -0.05) is 42.5 Å². The second-order valence-corrected chi connectivity index (χ2v) is 6.20. The summed E-state index contributed by atoms with van der Waals surface area (Å²) in [6.07, 6.45) is -0.507. The number of hydrogen-bond donors (Lipinski definition) is 1. The predicted octanol–water partition coefficient (Wildman–Crippen LogP) is 3.66. The van der Waals surface area contributed by atoms with Crippen LogP contribution < -0.4 is 4.74 Å². The van der Waals surface area contributed by atoms with Crippen LogP contribution in [-0.2, 0) is 11.3 Å². The number of aliphatic hydroxyl groups is 1. The van der Waals surface area contributed by atoms with Crippen LogP contribution in [0.4, 0.5) is 0 Å². The molecule has 2 aromatic rings. The molecule has 2 unspecified atom stereocenters. The van der Waals surface area contributed by atoms with Crippen molar-refractivity contribution in [3.63, 3.8) is 0 Å². The van der Waals surface area contributed by atoms with Crippen LogP contribution in [0.1, 0.15) is 31.1 Å². The van der Waals surface area contributed by atoms with Crippen LogP contribution >= 0.6 is 0 Å². The van der Waals surface area contributed by atoms with Gasteiger partial charge in [-0.2, -0.15) is 0 Å². The fourth-order valence-corrected chi connectivity index (χ4v) is 2.66. The maximum atomic E-state index is 10.5. The van der Waals surface area contributed by atoms with E-state index in [1.54, 1.807) is 0 Å². The van der Waals surface area contributed by atoms with E-state index in [1.165, 1.54) is 5.56 Å². The highest BCUT2D eigenvalue weighted by Crippen LogP contribution is 2.21. The molecule has 2 aromatic carbocycles. The number of aliphatic hydroxyl groups excluding tert-OH is 1. The van der Waals surface area contributed by atoms with Crippen LogP contribution in [0.5, 0.6) is 5.75 Å². The molecule has 0 aromatic heterocycles. The third kappa shape index (κ3) is 6.16. The summed E-state index contributed by atoms with van der Waals surface area (Å²) in [5.74, 6) is 0.850. The number of rotatable bonds is 10. The molecule has 4 heteroatoms. The summed E-state index contributed by atoms with van der Waals surface area (Å²) in [5.41, 5.74) is 2.13. The molecule has 0 aliphatic carbocycles. The van der Waals surface area contributed by atoms with Crippen molar-refractivity contribution in [2.24, 2.45) is 0 Å². The monoisotopic (exact) mass is 343 g/mol. The van der Waals surface area contributed by atoms with E-state index < -0.39 is 6.10 Å². The van der Waals surface area contributed by atoms with Gasteiger partial charge in [0.05, 0.1) is 12.7 Å². The average molecular weight is 343 g/mol. The molecule has 0 saturated carbocycles. The van der Waals surface area contributed by atoms with Crippen molar-refractivity contribution in [2.75, 3.05) is 26.9 Å². The molecule has 0 bridgehead atoms. The fourth-order valence-electron chi connectivity index (χ4n) is 2.66. The van der Waals surface area contributed by atoms with Crippen LogP contribution in [0.15, 0.2) is 54.6 Å². The van der Waals surface area contributed by atoms with Gasteiger partial charge in [-0.25, -0.2) is 0 Å². The van der Waals surface area contributed by atoms with Gasteiger partial charge in [0.15, 0.2) is 0 Å². The number of hydrogen-bond acceptors (Lipinski definition) is 4. The lowest BCUT2D eigenvalue weighted by molar-refractivity contribution is 0.0688. The molecule has 0 amide bonds. The van der Waals surface area contributed by atoms with Gasteiger partial charge in [0.1, 0.15) is 12.4 Å². The van der Waals surface area contributed by atoms with Gasteiger partial charge in [0, 0.05) is 19.2 Å². The molecule has 0 fully saturated rings. The topological polar surface area (TPSA) is 41.9 Å². The average Bonchev–Trinajstić information content (AvgIpc) is 2.66. The quantitative estimate of drug-likeness (QED) is 0.669. The van der Waals surface area contributed by atoms with Crippen molar-refractivity contribution in [3.05, 3.63) is 65.7 Å². The molecule has 0 spiro atoms. The molecule has 2 rings (SSSR count). The lowest BCUT2D eigenvalue weighted by Gasteiger charge is -2.29. The van der Waals surface area contributed by atoms with E-state index in [4.69, 9.17) is 9.47 Å². The Balaban J connectivity index is 1.86. The lowest BCUT2D eigenvalue weighted by Crippen LogP contribution is -2.33. The third-order valence-corrected chi connectivity index (χ3v) is 4.35. The molecule has 4 nitrogen and oxygen atoms in total. The minimum Gasteiger partial charge on any atom is -0.491 e. The van der Waals surface area contributed by atoms with E-state index >= 15 is 0 Å². The maximum Gasteiger partial charge on any atom is 0.119 e. The number of ether oxygens (including phenoxy) is 2. The van der Waals surface area contributed by atoms with E-state index in [2.05, 4.69) is 17.0 Å². The molecule has 25 heavy (non-hydrogen) atoms. The Hall–Kier alpha value is -1.88. The standard InChI is InChI=1S/C21H29NO3/c1-4-24-14-15-25-20-12-10-18(11-13-20)16-22(3)17(2)21(23)19-8-6-5-7-9-19/h5-13,17,21,23H,4,14-16H2,1-3H3. The minimum absolute atomic E-state index is 0.0181. The zero-order valence-electron chi connectivity index (χ0n) is 15.4. The Morgan fingerprint density at radius 3 is 2.32 bits per heavy atom. The Morgan fingerprint density at radius 1 is 1.00 bits per heavy atom. The van der Waals surface area contributed by atoms with Gasteiger partial charge in [0.25, 0.3) is 0 Å². The molecule has 0 saturated heterocycles. The molecule has 136 valence electrons. The molecule has 1 N–H and O–H groups in total. The number of nitrogens with zero attached hydrogens (tertiary/aromatic N) is 1. The highest BCUT2D eigenvalue weighted by molar-refractivity contribution is 5.27. The number of likely N-dealkylation sites (N-methyl/N-ethyl adjacent to an activating group) is 1. The van der Waals surface area contributed by atoms with Gasteiger partial charge in [-0.3, -0.25) is 4.90 Å². The summed E-state index contributed by atoms with van der Waals surface area (Å²) in [5, 5.41) is 10.5. The zero-order valence-corrected chi connectivity index (χ0v) is 15.4. The fraction of sp³-hybridized carbons (Fsp3) is 0.429. The maximum absolute atomic E-state index is 10.5. The van der Waals surface area contributed by atoms with Gasteiger partial charge >= 0.3 is 0 Å². The molecule has 0 aliphatic rings. The summed E-state index contributed by atoms with van der Waals surface area (Å²) in [7, 11) is 2.03. The van der Waals surface area contributed by atoms with Crippen LogP contribution in [0, 0.1) is 0 Å². The molecular formula is C21H29NO3. The molecule has 0 radical (unpaired) electrons. The lowest BCUT2D eigenvalue weighted by atomic mass is 10.0. The first-order chi connectivity index (χ1) is 12.1. The Bertz CT molecular complexity index is 600. The van der Waals surface area contributed by atoms with Crippen molar-refractivity contribution < 1.29 is 14.6 Å². The van der Waals surface area contributed by atoms with Crippen molar-refractivity contribution >= 4 is 0 Å².